The van der Waals surface area contributed by atoms with E-state index in [0.29, 0.717) is 43.8 Å². The van der Waals surface area contributed by atoms with Gasteiger partial charge in [-0.15, -0.1) is 0 Å². The molecule has 1 fully saturated rings. The topological polar surface area (TPSA) is 87.9 Å². The highest BCUT2D eigenvalue weighted by Gasteiger charge is 2.28. The van der Waals surface area contributed by atoms with Crippen LogP contribution >= 0.6 is 0 Å². The lowest BCUT2D eigenvalue weighted by atomic mass is 10.1. The molecule has 2 heterocycles. The number of aryl methyl sites for hydroxylation is 1. The molecule has 1 saturated heterocycles. The van der Waals surface area contributed by atoms with E-state index in [0.717, 1.165) is 0 Å². The zero-order valence-electron chi connectivity index (χ0n) is 16.5. The Hall–Kier alpha value is -2.84. The van der Waals surface area contributed by atoms with Crippen molar-refractivity contribution in [2.45, 2.75) is 39.8 Å². The first-order chi connectivity index (χ1) is 13.1. The molecule has 9 heteroatoms. The first-order valence-electron chi connectivity index (χ1n) is 9.26. The average Bonchev–Trinajstić information content (AvgIpc) is 3.03. The summed E-state index contributed by atoms with van der Waals surface area (Å²) in [4.78, 5) is 27.3. The van der Waals surface area contributed by atoms with Gasteiger partial charge in [0.2, 0.25) is 0 Å². The van der Waals surface area contributed by atoms with Gasteiger partial charge in [0.1, 0.15) is 22.5 Å². The molecule has 0 aliphatic carbocycles. The van der Waals surface area contributed by atoms with Gasteiger partial charge in [-0.2, -0.15) is 5.10 Å². The Labute approximate surface area is 162 Å². The van der Waals surface area contributed by atoms with E-state index >= 15 is 0 Å². The molecule has 0 spiro atoms. The highest BCUT2D eigenvalue weighted by molar-refractivity contribution is 6.06. The number of benzene rings is 1. The smallest absolute Gasteiger partial charge is 0.410 e. The number of aromatic nitrogens is 2. The van der Waals surface area contributed by atoms with E-state index in [2.05, 4.69) is 5.10 Å². The SMILES string of the molecule is CCn1cc2c(N3CCN(C(=O)OC(C)(C)C)CC3)cc(F)c(C(=O)O)c2n1. The average molecular weight is 392 g/mol. The zero-order chi connectivity index (χ0) is 20.6. The van der Waals surface area contributed by atoms with Crippen LogP contribution in [0.3, 0.4) is 0 Å². The van der Waals surface area contributed by atoms with E-state index in [1.807, 2.05) is 32.6 Å². The third kappa shape index (κ3) is 3.88. The summed E-state index contributed by atoms with van der Waals surface area (Å²) in [5.74, 6) is -2.16. The van der Waals surface area contributed by atoms with Crippen LogP contribution < -0.4 is 4.90 Å². The van der Waals surface area contributed by atoms with E-state index in [4.69, 9.17) is 4.74 Å². The van der Waals surface area contributed by atoms with Crippen molar-refractivity contribution >= 4 is 28.7 Å². The van der Waals surface area contributed by atoms with Gasteiger partial charge in [-0.25, -0.2) is 14.0 Å². The maximum absolute atomic E-state index is 14.5. The molecule has 0 bridgehead atoms. The fraction of sp³-hybridized carbons (Fsp3) is 0.526. The minimum absolute atomic E-state index is 0.138. The first-order valence-corrected chi connectivity index (χ1v) is 9.26. The number of ether oxygens (including phenoxy) is 1. The molecule has 0 unspecified atom stereocenters. The van der Waals surface area contributed by atoms with Crippen LogP contribution in [0.25, 0.3) is 10.9 Å². The molecule has 0 radical (unpaired) electrons. The summed E-state index contributed by atoms with van der Waals surface area (Å²) in [5, 5.41) is 14.2. The van der Waals surface area contributed by atoms with Crippen LogP contribution in [-0.4, -0.2) is 63.6 Å². The third-order valence-corrected chi connectivity index (χ3v) is 4.59. The number of fused-ring (bicyclic) bond motifs is 1. The zero-order valence-corrected chi connectivity index (χ0v) is 16.5. The van der Waals surface area contributed by atoms with Crippen LogP contribution in [0.4, 0.5) is 14.9 Å². The summed E-state index contributed by atoms with van der Waals surface area (Å²) in [5.41, 5.74) is -0.261. The fourth-order valence-corrected chi connectivity index (χ4v) is 3.26. The minimum Gasteiger partial charge on any atom is -0.478 e. The second kappa shape index (κ2) is 7.29. The lowest BCUT2D eigenvalue weighted by molar-refractivity contribution is 0.0240. The Morgan fingerprint density at radius 1 is 1.25 bits per heavy atom. The number of carboxylic acid groups (broad SMARTS) is 1. The molecule has 2 aromatic rings. The number of amides is 1. The van der Waals surface area contributed by atoms with Crippen molar-refractivity contribution in [3.8, 4) is 0 Å². The minimum atomic E-state index is -1.34. The van der Waals surface area contributed by atoms with Gasteiger partial charge in [0, 0.05) is 44.3 Å². The van der Waals surface area contributed by atoms with E-state index in [9.17, 15) is 19.1 Å². The number of halogens is 1. The van der Waals surface area contributed by atoms with Crippen LogP contribution in [0.5, 0.6) is 0 Å². The van der Waals surface area contributed by atoms with E-state index in [1.54, 1.807) is 15.8 Å². The van der Waals surface area contributed by atoms with Crippen LogP contribution in [0.2, 0.25) is 0 Å². The number of rotatable bonds is 3. The number of hydrogen-bond donors (Lipinski definition) is 1. The van der Waals surface area contributed by atoms with Crippen molar-refractivity contribution in [1.29, 1.82) is 0 Å². The molecule has 1 aliphatic rings. The maximum atomic E-state index is 14.5. The summed E-state index contributed by atoms with van der Waals surface area (Å²) in [6.45, 7) is 9.70. The van der Waals surface area contributed by atoms with Crippen LogP contribution in [0.1, 0.15) is 38.1 Å². The van der Waals surface area contributed by atoms with Crippen LogP contribution in [0.15, 0.2) is 12.3 Å². The molecule has 152 valence electrons. The lowest BCUT2D eigenvalue weighted by Gasteiger charge is -2.37. The fourth-order valence-electron chi connectivity index (χ4n) is 3.26. The van der Waals surface area contributed by atoms with Crippen molar-refractivity contribution in [2.24, 2.45) is 0 Å². The molecular formula is C19H25FN4O4. The van der Waals surface area contributed by atoms with Gasteiger partial charge in [0.15, 0.2) is 0 Å². The molecular weight excluding hydrogens is 367 g/mol. The van der Waals surface area contributed by atoms with Crippen LogP contribution in [-0.2, 0) is 11.3 Å². The van der Waals surface area contributed by atoms with Gasteiger partial charge in [-0.1, -0.05) is 0 Å². The van der Waals surface area contributed by atoms with E-state index in [1.165, 1.54) is 6.07 Å². The summed E-state index contributed by atoms with van der Waals surface area (Å²) in [7, 11) is 0. The van der Waals surface area contributed by atoms with Crippen LogP contribution in [0, 0.1) is 5.82 Å². The molecule has 28 heavy (non-hydrogen) atoms. The van der Waals surface area contributed by atoms with Crippen molar-refractivity contribution in [2.75, 3.05) is 31.1 Å². The van der Waals surface area contributed by atoms with E-state index < -0.39 is 23.0 Å². The number of carbonyl (C=O) groups excluding carboxylic acids is 1. The number of carboxylic acids is 1. The van der Waals surface area contributed by atoms with Gasteiger partial charge in [-0.3, -0.25) is 4.68 Å². The number of piperazine rings is 1. The van der Waals surface area contributed by atoms with Gasteiger partial charge in [0.25, 0.3) is 0 Å². The predicted octanol–water partition coefficient (Wildman–Crippen LogP) is 2.95. The Morgan fingerprint density at radius 2 is 1.89 bits per heavy atom. The largest absolute Gasteiger partial charge is 0.478 e. The molecule has 1 N–H and O–H groups in total. The number of aromatic carboxylic acids is 1. The highest BCUT2D eigenvalue weighted by atomic mass is 19.1. The Kier molecular flexibility index (Phi) is 5.18. The normalized spacial score (nSPS) is 15.2. The summed E-state index contributed by atoms with van der Waals surface area (Å²) in [6, 6.07) is 1.25. The Morgan fingerprint density at radius 3 is 2.43 bits per heavy atom. The standard InChI is InChI=1S/C19H25FN4O4/c1-5-24-11-12-14(10-13(20)15(17(25)26)16(12)21-24)22-6-8-23(9-7-22)18(27)28-19(2,3)4/h10-11H,5-9H2,1-4H3,(H,25,26). The number of hydrogen-bond acceptors (Lipinski definition) is 5. The molecule has 3 rings (SSSR count). The molecule has 0 saturated carbocycles. The number of nitrogens with zero attached hydrogens (tertiary/aromatic N) is 4. The molecule has 1 amide bonds. The third-order valence-electron chi connectivity index (χ3n) is 4.59. The predicted molar refractivity (Wildman–Crippen MR) is 102 cm³/mol. The van der Waals surface area contributed by atoms with E-state index in [-0.39, 0.29) is 11.6 Å². The molecule has 1 aromatic heterocycles. The van der Waals surface area contributed by atoms with Gasteiger partial charge in [-0.05, 0) is 33.8 Å². The lowest BCUT2D eigenvalue weighted by Crippen LogP contribution is -2.50. The quantitative estimate of drug-likeness (QED) is 0.864. The maximum Gasteiger partial charge on any atom is 0.410 e. The van der Waals surface area contributed by atoms with Crippen molar-refractivity contribution in [3.63, 3.8) is 0 Å². The Bertz CT molecular complexity index is 911. The number of carbonyl (C=O) groups is 2. The van der Waals surface area contributed by atoms with Crippen molar-refractivity contribution in [1.82, 2.24) is 14.7 Å². The summed E-state index contributed by atoms with van der Waals surface area (Å²) >= 11 is 0. The summed E-state index contributed by atoms with van der Waals surface area (Å²) in [6.07, 6.45) is 1.36. The van der Waals surface area contributed by atoms with Gasteiger partial charge in [0.05, 0.1) is 5.69 Å². The molecule has 1 aliphatic heterocycles. The van der Waals surface area contributed by atoms with Crippen molar-refractivity contribution in [3.05, 3.63) is 23.6 Å². The van der Waals surface area contributed by atoms with Gasteiger partial charge >= 0.3 is 12.1 Å². The highest BCUT2D eigenvalue weighted by Crippen LogP contribution is 2.32. The first kappa shape index (κ1) is 19.9. The molecule has 1 aromatic carbocycles. The second-order valence-electron chi connectivity index (χ2n) is 7.76. The monoisotopic (exact) mass is 392 g/mol. The Balaban J connectivity index is 1.87. The van der Waals surface area contributed by atoms with Gasteiger partial charge < -0.3 is 19.6 Å². The molecule has 8 nitrogen and oxygen atoms in total. The summed E-state index contributed by atoms with van der Waals surface area (Å²) < 4.78 is 21.5. The second-order valence-corrected chi connectivity index (χ2v) is 7.76. The molecule has 0 atom stereocenters. The van der Waals surface area contributed by atoms with Crippen molar-refractivity contribution < 1.29 is 23.8 Å². The number of anilines is 1.